The zero-order valence-corrected chi connectivity index (χ0v) is 16.2. The molecule has 0 radical (unpaired) electrons. The minimum atomic E-state index is 0.353. The summed E-state index contributed by atoms with van der Waals surface area (Å²) < 4.78 is 1.91. The number of nitrogens with zero attached hydrogens (tertiary/aromatic N) is 7. The van der Waals surface area contributed by atoms with Crippen molar-refractivity contribution in [3.63, 3.8) is 0 Å². The number of hydrogen-bond donors (Lipinski definition) is 0. The molecule has 0 spiro atoms. The van der Waals surface area contributed by atoms with E-state index in [4.69, 9.17) is 5.10 Å². The molecule has 142 valence electrons. The SMILES string of the molecule is CN(C)c1ccc2nnc(C3CCN(c4nccc5ccccc45)CC3)n2n1. The van der Waals surface area contributed by atoms with Gasteiger partial charge in [0, 0.05) is 44.7 Å². The highest BCUT2D eigenvalue weighted by Gasteiger charge is 2.26. The zero-order valence-electron chi connectivity index (χ0n) is 16.2. The molecule has 0 N–H and O–H groups in total. The molecule has 1 aliphatic rings. The van der Waals surface area contributed by atoms with Gasteiger partial charge in [-0.25, -0.2) is 4.98 Å². The van der Waals surface area contributed by atoms with Crippen molar-refractivity contribution in [3.8, 4) is 0 Å². The van der Waals surface area contributed by atoms with E-state index in [1.54, 1.807) is 0 Å². The fourth-order valence-corrected chi connectivity index (χ4v) is 3.99. The van der Waals surface area contributed by atoms with Crippen molar-refractivity contribution in [2.45, 2.75) is 18.8 Å². The van der Waals surface area contributed by atoms with E-state index in [1.807, 2.05) is 41.8 Å². The number of pyridine rings is 1. The molecule has 4 aromatic rings. The number of fused-ring (bicyclic) bond motifs is 2. The summed E-state index contributed by atoms with van der Waals surface area (Å²) in [5, 5.41) is 16.0. The lowest BCUT2D eigenvalue weighted by molar-refractivity contribution is 0.476. The van der Waals surface area contributed by atoms with Gasteiger partial charge >= 0.3 is 0 Å². The van der Waals surface area contributed by atoms with Gasteiger partial charge in [-0.05, 0) is 36.4 Å². The Morgan fingerprint density at radius 1 is 0.964 bits per heavy atom. The quantitative estimate of drug-likeness (QED) is 0.550. The van der Waals surface area contributed by atoms with Crippen LogP contribution in [0.3, 0.4) is 0 Å². The van der Waals surface area contributed by atoms with E-state index in [0.717, 1.165) is 49.0 Å². The van der Waals surface area contributed by atoms with Crippen LogP contribution in [0, 0.1) is 0 Å². The van der Waals surface area contributed by atoms with Crippen molar-refractivity contribution >= 4 is 28.1 Å². The van der Waals surface area contributed by atoms with Crippen molar-refractivity contribution in [3.05, 3.63) is 54.5 Å². The highest BCUT2D eigenvalue weighted by molar-refractivity contribution is 5.92. The average Bonchev–Trinajstić information content (AvgIpc) is 3.17. The van der Waals surface area contributed by atoms with Gasteiger partial charge in [0.05, 0.1) is 0 Å². The second-order valence-corrected chi connectivity index (χ2v) is 7.53. The van der Waals surface area contributed by atoms with Gasteiger partial charge in [0.1, 0.15) is 11.6 Å². The minimum absolute atomic E-state index is 0.353. The largest absolute Gasteiger partial charge is 0.361 e. The molecular weight excluding hydrogens is 350 g/mol. The molecule has 0 saturated carbocycles. The molecule has 1 aromatic carbocycles. The Labute approximate surface area is 163 Å². The molecule has 0 atom stereocenters. The first kappa shape index (κ1) is 16.9. The van der Waals surface area contributed by atoms with Gasteiger partial charge in [-0.3, -0.25) is 0 Å². The second-order valence-electron chi connectivity index (χ2n) is 7.53. The third kappa shape index (κ3) is 2.83. The van der Waals surface area contributed by atoms with Crippen LogP contribution in [0.1, 0.15) is 24.6 Å². The lowest BCUT2D eigenvalue weighted by Gasteiger charge is -2.32. The van der Waals surface area contributed by atoms with E-state index in [2.05, 4.69) is 50.4 Å². The molecule has 0 amide bonds. The molecule has 7 nitrogen and oxygen atoms in total. The van der Waals surface area contributed by atoms with Crippen LogP contribution in [0.5, 0.6) is 0 Å². The van der Waals surface area contributed by atoms with Gasteiger partial charge in [-0.15, -0.1) is 15.3 Å². The molecule has 28 heavy (non-hydrogen) atoms. The van der Waals surface area contributed by atoms with Crippen molar-refractivity contribution in [1.82, 2.24) is 24.8 Å². The Bertz CT molecular complexity index is 1120. The summed E-state index contributed by atoms with van der Waals surface area (Å²) in [6.07, 6.45) is 3.93. The van der Waals surface area contributed by atoms with E-state index in [0.29, 0.717) is 5.92 Å². The summed E-state index contributed by atoms with van der Waals surface area (Å²) in [6, 6.07) is 14.5. The van der Waals surface area contributed by atoms with E-state index < -0.39 is 0 Å². The number of aromatic nitrogens is 5. The first-order valence-corrected chi connectivity index (χ1v) is 9.69. The summed E-state index contributed by atoms with van der Waals surface area (Å²) >= 11 is 0. The predicted molar refractivity (Wildman–Crippen MR) is 111 cm³/mol. The van der Waals surface area contributed by atoms with E-state index >= 15 is 0 Å². The van der Waals surface area contributed by atoms with Gasteiger partial charge < -0.3 is 9.80 Å². The molecule has 5 rings (SSSR count). The van der Waals surface area contributed by atoms with Crippen molar-refractivity contribution < 1.29 is 0 Å². The smallest absolute Gasteiger partial charge is 0.178 e. The molecule has 3 aromatic heterocycles. The summed E-state index contributed by atoms with van der Waals surface area (Å²) in [7, 11) is 3.99. The Balaban J connectivity index is 1.40. The Kier molecular flexibility index (Phi) is 4.07. The summed E-state index contributed by atoms with van der Waals surface area (Å²) in [6.45, 7) is 1.90. The van der Waals surface area contributed by atoms with E-state index in [1.165, 1.54) is 10.8 Å². The summed E-state index contributed by atoms with van der Waals surface area (Å²) in [4.78, 5) is 9.06. The van der Waals surface area contributed by atoms with Gasteiger partial charge in [-0.2, -0.15) is 4.52 Å². The molecule has 1 aliphatic heterocycles. The number of hydrogen-bond acceptors (Lipinski definition) is 6. The molecule has 7 heteroatoms. The lowest BCUT2D eigenvalue weighted by atomic mass is 9.95. The highest BCUT2D eigenvalue weighted by atomic mass is 15.4. The Hall–Kier alpha value is -3.22. The molecule has 1 saturated heterocycles. The molecule has 0 aliphatic carbocycles. The zero-order chi connectivity index (χ0) is 19.1. The van der Waals surface area contributed by atoms with Gasteiger partial charge in [0.15, 0.2) is 11.5 Å². The fourth-order valence-electron chi connectivity index (χ4n) is 3.99. The van der Waals surface area contributed by atoms with Crippen molar-refractivity contribution in [2.75, 3.05) is 37.0 Å². The average molecular weight is 373 g/mol. The third-order valence-electron chi connectivity index (χ3n) is 5.54. The Morgan fingerprint density at radius 2 is 1.79 bits per heavy atom. The topological polar surface area (TPSA) is 62.5 Å². The highest BCUT2D eigenvalue weighted by Crippen LogP contribution is 2.32. The van der Waals surface area contributed by atoms with Crippen LogP contribution in [-0.2, 0) is 0 Å². The number of piperidine rings is 1. The van der Waals surface area contributed by atoms with Gasteiger partial charge in [0.25, 0.3) is 0 Å². The first-order chi connectivity index (χ1) is 13.7. The fraction of sp³-hybridized carbons (Fsp3) is 0.333. The number of anilines is 2. The van der Waals surface area contributed by atoms with Gasteiger partial charge in [0.2, 0.25) is 0 Å². The van der Waals surface area contributed by atoms with Crippen LogP contribution in [0.25, 0.3) is 16.4 Å². The van der Waals surface area contributed by atoms with Crippen LogP contribution >= 0.6 is 0 Å². The van der Waals surface area contributed by atoms with Crippen LogP contribution in [-0.4, -0.2) is 52.0 Å². The van der Waals surface area contributed by atoms with E-state index in [-0.39, 0.29) is 0 Å². The van der Waals surface area contributed by atoms with Crippen LogP contribution < -0.4 is 9.80 Å². The molecule has 0 bridgehead atoms. The monoisotopic (exact) mass is 373 g/mol. The molecular formula is C21H23N7. The maximum absolute atomic E-state index is 4.72. The van der Waals surface area contributed by atoms with Crippen LogP contribution in [0.4, 0.5) is 11.6 Å². The van der Waals surface area contributed by atoms with Gasteiger partial charge in [-0.1, -0.05) is 24.3 Å². The maximum atomic E-state index is 4.72. The van der Waals surface area contributed by atoms with E-state index in [9.17, 15) is 0 Å². The van der Waals surface area contributed by atoms with Crippen molar-refractivity contribution in [2.24, 2.45) is 0 Å². The predicted octanol–water partition coefficient (Wildman–Crippen LogP) is 3.12. The third-order valence-corrected chi connectivity index (χ3v) is 5.54. The molecule has 1 fully saturated rings. The molecule has 4 heterocycles. The summed E-state index contributed by atoms with van der Waals surface area (Å²) in [5.41, 5.74) is 0.804. The standard InChI is InChI=1S/C21H23N7/c1-26(2)19-8-7-18-23-24-20(28(18)25-19)16-10-13-27(14-11-16)21-17-6-4-3-5-15(17)9-12-22-21/h3-9,12,16H,10-11,13-14H2,1-2H3. The maximum Gasteiger partial charge on any atom is 0.178 e. The Morgan fingerprint density at radius 3 is 2.61 bits per heavy atom. The number of benzene rings is 1. The van der Waals surface area contributed by atoms with Crippen LogP contribution in [0.15, 0.2) is 48.7 Å². The first-order valence-electron chi connectivity index (χ1n) is 9.69. The normalized spacial score (nSPS) is 15.4. The van der Waals surface area contributed by atoms with Crippen LogP contribution in [0.2, 0.25) is 0 Å². The minimum Gasteiger partial charge on any atom is -0.361 e. The van der Waals surface area contributed by atoms with Crippen molar-refractivity contribution in [1.29, 1.82) is 0 Å². The number of rotatable bonds is 3. The summed E-state index contributed by atoms with van der Waals surface area (Å²) in [5.74, 6) is 3.30. The second kappa shape index (κ2) is 6.74. The molecule has 0 unspecified atom stereocenters. The lowest BCUT2D eigenvalue weighted by Crippen LogP contribution is -2.34.